The Labute approximate surface area is 133 Å². The van der Waals surface area contributed by atoms with E-state index in [2.05, 4.69) is 0 Å². The minimum Gasteiger partial charge on any atom is -0.508 e. The molecule has 0 aliphatic heterocycles. The Bertz CT molecular complexity index is 708. The van der Waals surface area contributed by atoms with Crippen LogP contribution in [0.15, 0.2) is 48.2 Å². The van der Waals surface area contributed by atoms with Crippen LogP contribution < -0.4 is 5.09 Å². The largest absolute Gasteiger partial charge is 0.508 e. The average molecular weight is 339 g/mol. The number of aliphatic hydroxyl groups is 1. The van der Waals surface area contributed by atoms with E-state index in [9.17, 15) is 19.6 Å². The summed E-state index contributed by atoms with van der Waals surface area (Å²) in [5.41, 5.74) is 0.570. The van der Waals surface area contributed by atoms with Crippen LogP contribution >= 0.6 is 7.75 Å². The molecule has 0 heterocycles. The van der Waals surface area contributed by atoms with Crippen molar-refractivity contribution in [2.24, 2.45) is 5.92 Å². The van der Waals surface area contributed by atoms with Gasteiger partial charge in [-0.25, -0.2) is 4.57 Å². The molecule has 23 heavy (non-hydrogen) atoms. The predicted octanol–water partition coefficient (Wildman–Crippen LogP) is 1.18. The summed E-state index contributed by atoms with van der Waals surface area (Å²) >= 11 is 0. The van der Waals surface area contributed by atoms with E-state index in [1.807, 2.05) is 5.09 Å². The van der Waals surface area contributed by atoms with Crippen molar-refractivity contribution in [3.05, 3.63) is 53.8 Å². The normalized spacial score (nSPS) is 20.8. The van der Waals surface area contributed by atoms with E-state index in [0.29, 0.717) is 5.56 Å². The van der Waals surface area contributed by atoms with Crippen LogP contribution in [0.1, 0.15) is 18.4 Å². The van der Waals surface area contributed by atoms with Crippen LogP contribution in [0.3, 0.4) is 0 Å². The van der Waals surface area contributed by atoms with Crippen LogP contribution in [0.2, 0.25) is 0 Å². The summed E-state index contributed by atoms with van der Waals surface area (Å²) in [7, 11) is -4.60. The van der Waals surface area contributed by atoms with E-state index >= 15 is 0 Å². The van der Waals surface area contributed by atoms with Gasteiger partial charge in [0.1, 0.15) is 5.75 Å². The molecule has 3 atom stereocenters. The number of ketones is 1. The second-order valence-corrected chi connectivity index (χ2v) is 6.70. The molecule has 5 N–H and O–H groups in total. The molecule has 1 aliphatic carbocycles. The molecule has 3 unspecified atom stereocenters. The average Bonchev–Trinajstić information content (AvgIpc) is 2.44. The van der Waals surface area contributed by atoms with Gasteiger partial charge < -0.3 is 20.0 Å². The van der Waals surface area contributed by atoms with E-state index in [1.54, 1.807) is 19.1 Å². The third kappa shape index (κ3) is 4.30. The SMILES string of the molecule is CC(c1cccc(O)c1)C(O)C1C(=O)C=CC=C1NP(=O)(O)O. The minimum atomic E-state index is -4.60. The number of rotatable bonds is 5. The molecular weight excluding hydrogens is 321 g/mol. The highest BCUT2D eigenvalue weighted by Crippen LogP contribution is 2.37. The third-order valence-electron chi connectivity index (χ3n) is 3.70. The molecule has 0 fully saturated rings. The standard InChI is InChI=1S/C15H18NO6P/c1-9(10-4-2-5-11(17)8-10)15(19)14-12(16-23(20,21)22)6-3-7-13(14)18/h2-9,14-15,17,19H,1H3,(H3,16,20,21,22). The van der Waals surface area contributed by atoms with Gasteiger partial charge in [-0.15, -0.1) is 0 Å². The number of phenols is 1. The van der Waals surface area contributed by atoms with Gasteiger partial charge in [0, 0.05) is 11.6 Å². The van der Waals surface area contributed by atoms with Crippen molar-refractivity contribution in [1.29, 1.82) is 0 Å². The van der Waals surface area contributed by atoms with Gasteiger partial charge in [0.2, 0.25) is 0 Å². The highest BCUT2D eigenvalue weighted by Gasteiger charge is 2.36. The fraction of sp³-hybridized carbons (Fsp3) is 0.267. The number of carbonyl (C=O) groups excluding carboxylic acids is 1. The summed E-state index contributed by atoms with van der Waals surface area (Å²) in [6.45, 7) is 1.67. The first kappa shape index (κ1) is 17.4. The zero-order valence-electron chi connectivity index (χ0n) is 12.3. The molecular formula is C15H18NO6P. The van der Waals surface area contributed by atoms with Crippen molar-refractivity contribution >= 4 is 13.5 Å². The van der Waals surface area contributed by atoms with Crippen molar-refractivity contribution in [3.63, 3.8) is 0 Å². The van der Waals surface area contributed by atoms with Crippen LogP contribution in [0, 0.1) is 5.92 Å². The molecule has 1 aromatic rings. The fourth-order valence-corrected chi connectivity index (χ4v) is 3.08. The van der Waals surface area contributed by atoms with E-state index < -0.39 is 31.5 Å². The molecule has 2 rings (SSSR count). The highest BCUT2D eigenvalue weighted by atomic mass is 31.2. The molecule has 0 aromatic heterocycles. The summed E-state index contributed by atoms with van der Waals surface area (Å²) in [6.07, 6.45) is 2.74. The van der Waals surface area contributed by atoms with Crippen molar-refractivity contribution in [2.75, 3.05) is 0 Å². The molecule has 0 saturated carbocycles. The third-order valence-corrected chi connectivity index (χ3v) is 4.25. The van der Waals surface area contributed by atoms with Gasteiger partial charge in [-0.05, 0) is 29.8 Å². The summed E-state index contributed by atoms with van der Waals surface area (Å²) in [6, 6.07) is 6.26. The number of allylic oxidation sites excluding steroid dienone is 3. The Balaban J connectivity index is 2.29. The number of phenolic OH excluding ortho intramolecular Hbond substituents is 1. The maximum absolute atomic E-state index is 12.1. The predicted molar refractivity (Wildman–Crippen MR) is 83.4 cm³/mol. The van der Waals surface area contributed by atoms with Crippen LogP contribution in [-0.4, -0.2) is 31.9 Å². The minimum absolute atomic E-state index is 0.0283. The number of benzene rings is 1. The second-order valence-electron chi connectivity index (χ2n) is 5.39. The summed E-state index contributed by atoms with van der Waals surface area (Å²) in [5, 5.41) is 22.1. The van der Waals surface area contributed by atoms with E-state index in [4.69, 9.17) is 9.79 Å². The van der Waals surface area contributed by atoms with E-state index in [-0.39, 0.29) is 11.4 Å². The first-order valence-corrected chi connectivity index (χ1v) is 8.53. The topological polar surface area (TPSA) is 127 Å². The molecule has 8 heteroatoms. The Morgan fingerprint density at radius 1 is 1.30 bits per heavy atom. The molecule has 124 valence electrons. The van der Waals surface area contributed by atoms with Crippen LogP contribution in [0.5, 0.6) is 5.75 Å². The zero-order valence-corrected chi connectivity index (χ0v) is 13.2. The van der Waals surface area contributed by atoms with Gasteiger partial charge in [0.15, 0.2) is 5.78 Å². The van der Waals surface area contributed by atoms with Gasteiger partial charge >= 0.3 is 7.75 Å². The van der Waals surface area contributed by atoms with Crippen molar-refractivity contribution in [3.8, 4) is 5.75 Å². The van der Waals surface area contributed by atoms with Crippen LogP contribution in [-0.2, 0) is 9.36 Å². The molecule has 0 saturated heterocycles. The number of hydrogen-bond donors (Lipinski definition) is 5. The monoisotopic (exact) mass is 339 g/mol. The number of aromatic hydroxyl groups is 1. The Hall–Kier alpha value is -1.92. The summed E-state index contributed by atoms with van der Waals surface area (Å²) in [5.74, 6) is -2.09. The molecule has 1 aliphatic rings. The van der Waals surface area contributed by atoms with Crippen LogP contribution in [0.4, 0.5) is 0 Å². The van der Waals surface area contributed by atoms with E-state index in [0.717, 1.165) is 0 Å². The maximum atomic E-state index is 12.1. The Morgan fingerprint density at radius 2 is 2.00 bits per heavy atom. The highest BCUT2D eigenvalue weighted by molar-refractivity contribution is 7.49. The fourth-order valence-electron chi connectivity index (χ4n) is 2.53. The van der Waals surface area contributed by atoms with Crippen molar-refractivity contribution in [2.45, 2.75) is 18.9 Å². The molecule has 0 radical (unpaired) electrons. The molecule has 1 aromatic carbocycles. The molecule has 7 nitrogen and oxygen atoms in total. The first-order valence-electron chi connectivity index (χ1n) is 6.92. The maximum Gasteiger partial charge on any atom is 0.427 e. The van der Waals surface area contributed by atoms with Gasteiger partial charge in [-0.3, -0.25) is 9.88 Å². The lowest BCUT2D eigenvalue weighted by Gasteiger charge is -2.30. The molecule has 0 bridgehead atoms. The Kier molecular flexibility index (Phi) is 5.06. The van der Waals surface area contributed by atoms with Gasteiger partial charge in [-0.2, -0.15) is 0 Å². The second kappa shape index (κ2) is 6.68. The summed E-state index contributed by atoms with van der Waals surface area (Å²) < 4.78 is 11.2. The number of aliphatic hydroxyl groups excluding tert-OH is 1. The molecule has 0 spiro atoms. The summed E-state index contributed by atoms with van der Waals surface area (Å²) in [4.78, 5) is 30.2. The first-order chi connectivity index (χ1) is 10.7. The number of hydrogen-bond acceptors (Lipinski definition) is 4. The number of carbonyl (C=O) groups is 1. The lowest BCUT2D eigenvalue weighted by atomic mass is 9.81. The lowest BCUT2D eigenvalue weighted by molar-refractivity contribution is -0.120. The van der Waals surface area contributed by atoms with Gasteiger partial charge in [0.25, 0.3) is 0 Å². The van der Waals surface area contributed by atoms with Gasteiger partial charge in [0.05, 0.1) is 12.0 Å². The smallest absolute Gasteiger partial charge is 0.427 e. The molecule has 0 amide bonds. The lowest BCUT2D eigenvalue weighted by Crippen LogP contribution is -2.37. The van der Waals surface area contributed by atoms with Crippen LogP contribution in [0.25, 0.3) is 0 Å². The van der Waals surface area contributed by atoms with Gasteiger partial charge in [-0.1, -0.05) is 25.1 Å². The van der Waals surface area contributed by atoms with E-state index in [1.165, 1.54) is 30.4 Å². The van der Waals surface area contributed by atoms with Crippen molar-refractivity contribution < 1.29 is 29.4 Å². The Morgan fingerprint density at radius 3 is 2.61 bits per heavy atom. The van der Waals surface area contributed by atoms with Crippen molar-refractivity contribution in [1.82, 2.24) is 5.09 Å². The zero-order chi connectivity index (χ0) is 17.2. The number of nitrogens with one attached hydrogen (secondary N) is 1. The quantitative estimate of drug-likeness (QED) is 0.510.